The van der Waals surface area contributed by atoms with Crippen LogP contribution in [0, 0.1) is 12.8 Å². The molecule has 112 valence electrons. The summed E-state index contributed by atoms with van der Waals surface area (Å²) < 4.78 is 5.38. The molecule has 5 nitrogen and oxygen atoms in total. The van der Waals surface area contributed by atoms with Gasteiger partial charge in [0.05, 0.1) is 10.6 Å². The van der Waals surface area contributed by atoms with Gasteiger partial charge in [-0.3, -0.25) is 4.79 Å². The van der Waals surface area contributed by atoms with Crippen LogP contribution in [0.1, 0.15) is 18.5 Å². The van der Waals surface area contributed by atoms with Crippen molar-refractivity contribution in [3.63, 3.8) is 0 Å². The highest BCUT2D eigenvalue weighted by atomic mass is 32.1. The highest BCUT2D eigenvalue weighted by molar-refractivity contribution is 7.20. The third-order valence-corrected chi connectivity index (χ3v) is 5.27. The quantitative estimate of drug-likeness (QED) is 0.778. The molecule has 1 N–H and O–H groups in total. The summed E-state index contributed by atoms with van der Waals surface area (Å²) in [6.45, 7) is 1.88. The van der Waals surface area contributed by atoms with Gasteiger partial charge in [-0.05, 0) is 31.2 Å². The van der Waals surface area contributed by atoms with Gasteiger partial charge in [0, 0.05) is 12.0 Å². The van der Waals surface area contributed by atoms with E-state index in [4.69, 9.17) is 4.52 Å². The fourth-order valence-electron chi connectivity index (χ4n) is 2.14. The topological polar surface area (TPSA) is 68.0 Å². The molecule has 0 aliphatic heterocycles. The number of nitrogens with one attached hydrogen (secondary N) is 1. The first-order valence-electron chi connectivity index (χ1n) is 7.00. The molecule has 4 rings (SSSR count). The van der Waals surface area contributed by atoms with E-state index >= 15 is 0 Å². The summed E-state index contributed by atoms with van der Waals surface area (Å²) in [6.07, 6.45) is 1.95. The van der Waals surface area contributed by atoms with Crippen LogP contribution in [-0.2, 0) is 4.79 Å². The van der Waals surface area contributed by atoms with Crippen molar-refractivity contribution in [1.29, 1.82) is 0 Å². The molecule has 0 bridgehead atoms. The van der Waals surface area contributed by atoms with Crippen molar-refractivity contribution in [3.05, 3.63) is 29.3 Å². The molecule has 0 spiro atoms. The number of hydrogen-bond acceptors (Lipinski definition) is 6. The Kier molecular flexibility index (Phi) is 3.31. The number of carbonyl (C=O) groups excluding carboxylic acids is 1. The first-order valence-corrected chi connectivity index (χ1v) is 8.69. The monoisotopic (exact) mass is 331 g/mol. The highest BCUT2D eigenvalue weighted by Gasteiger charge is 2.30. The van der Waals surface area contributed by atoms with Crippen LogP contribution < -0.4 is 5.32 Å². The zero-order valence-electron chi connectivity index (χ0n) is 11.8. The Bertz CT molecular complexity index is 816. The van der Waals surface area contributed by atoms with Crippen molar-refractivity contribution >= 4 is 33.7 Å². The van der Waals surface area contributed by atoms with Crippen LogP contribution in [0.2, 0.25) is 0 Å². The van der Waals surface area contributed by atoms with Crippen LogP contribution in [0.4, 0.5) is 5.13 Å². The molecule has 7 heteroatoms. The molecule has 3 aromatic rings. The van der Waals surface area contributed by atoms with E-state index < -0.39 is 0 Å². The van der Waals surface area contributed by atoms with Gasteiger partial charge in [0.25, 0.3) is 0 Å². The Labute approximate surface area is 135 Å². The molecule has 1 fully saturated rings. The summed E-state index contributed by atoms with van der Waals surface area (Å²) in [5, 5.41) is 9.48. The Morgan fingerprint density at radius 3 is 2.95 bits per heavy atom. The zero-order valence-corrected chi connectivity index (χ0v) is 13.5. The third kappa shape index (κ3) is 2.57. The second-order valence-electron chi connectivity index (χ2n) is 5.27. The summed E-state index contributed by atoms with van der Waals surface area (Å²) in [5.74, 6) is 0.905. The largest absolute Gasteiger partial charge is 0.355 e. The fourth-order valence-corrected chi connectivity index (χ4v) is 3.86. The van der Waals surface area contributed by atoms with E-state index in [9.17, 15) is 4.79 Å². The van der Waals surface area contributed by atoms with E-state index in [1.807, 2.05) is 30.5 Å². The summed E-state index contributed by atoms with van der Waals surface area (Å²) in [7, 11) is 0. The van der Waals surface area contributed by atoms with Gasteiger partial charge < -0.3 is 9.84 Å². The molecule has 0 saturated heterocycles. The smallest absolute Gasteiger partial charge is 0.229 e. The molecule has 1 amide bonds. The minimum absolute atomic E-state index is 0.0618. The molecule has 3 heterocycles. The number of thiazole rings is 1. The SMILES string of the molecule is Cc1cc(-c2sc(NC(=O)C3CC3)nc2-c2cccs2)on1. The average Bonchev–Trinajstić information content (AvgIpc) is 2.90. The highest BCUT2D eigenvalue weighted by Crippen LogP contribution is 2.41. The molecule has 3 aromatic heterocycles. The van der Waals surface area contributed by atoms with Crippen molar-refractivity contribution in [1.82, 2.24) is 10.1 Å². The number of anilines is 1. The molecule has 0 aromatic carbocycles. The number of amides is 1. The number of hydrogen-bond donors (Lipinski definition) is 1. The number of nitrogens with zero attached hydrogens (tertiary/aromatic N) is 2. The van der Waals surface area contributed by atoms with E-state index in [1.54, 1.807) is 11.3 Å². The van der Waals surface area contributed by atoms with Gasteiger partial charge in [0.2, 0.25) is 5.91 Å². The van der Waals surface area contributed by atoms with Gasteiger partial charge in [-0.1, -0.05) is 22.6 Å². The maximum atomic E-state index is 11.9. The number of rotatable bonds is 4. The van der Waals surface area contributed by atoms with Crippen LogP contribution in [-0.4, -0.2) is 16.0 Å². The van der Waals surface area contributed by atoms with Crippen LogP contribution in [0.25, 0.3) is 21.2 Å². The van der Waals surface area contributed by atoms with E-state index in [2.05, 4.69) is 15.5 Å². The van der Waals surface area contributed by atoms with Gasteiger partial charge in [-0.15, -0.1) is 11.3 Å². The van der Waals surface area contributed by atoms with Gasteiger partial charge in [0.1, 0.15) is 10.6 Å². The maximum Gasteiger partial charge on any atom is 0.229 e. The van der Waals surface area contributed by atoms with Crippen molar-refractivity contribution < 1.29 is 9.32 Å². The Hall–Kier alpha value is -1.99. The Balaban J connectivity index is 1.74. The van der Waals surface area contributed by atoms with Crippen molar-refractivity contribution in [2.24, 2.45) is 5.92 Å². The lowest BCUT2D eigenvalue weighted by Crippen LogP contribution is -2.12. The molecule has 0 radical (unpaired) electrons. The van der Waals surface area contributed by atoms with Gasteiger partial charge in [-0.25, -0.2) is 4.98 Å². The van der Waals surface area contributed by atoms with Gasteiger partial charge >= 0.3 is 0 Å². The van der Waals surface area contributed by atoms with Crippen LogP contribution in [0.15, 0.2) is 28.1 Å². The first-order chi connectivity index (χ1) is 10.7. The standard InChI is InChI=1S/C15H13N3O2S2/c1-8-7-10(20-18-8)13-12(11-3-2-6-21-11)16-15(22-13)17-14(19)9-4-5-9/h2-3,6-7,9H,4-5H2,1H3,(H,16,17,19). The summed E-state index contributed by atoms with van der Waals surface area (Å²) >= 11 is 3.04. The van der Waals surface area contributed by atoms with E-state index in [1.165, 1.54) is 11.3 Å². The van der Waals surface area contributed by atoms with E-state index in [0.717, 1.165) is 34.0 Å². The van der Waals surface area contributed by atoms with Gasteiger partial charge in [0.15, 0.2) is 10.9 Å². The van der Waals surface area contributed by atoms with Crippen LogP contribution >= 0.6 is 22.7 Å². The molecule has 22 heavy (non-hydrogen) atoms. The Morgan fingerprint density at radius 2 is 2.32 bits per heavy atom. The molecule has 1 aliphatic rings. The van der Waals surface area contributed by atoms with Crippen molar-refractivity contribution in [2.45, 2.75) is 19.8 Å². The van der Waals surface area contributed by atoms with Crippen LogP contribution in [0.3, 0.4) is 0 Å². The fraction of sp³-hybridized carbons (Fsp3) is 0.267. The minimum atomic E-state index is 0.0618. The molecule has 0 unspecified atom stereocenters. The Morgan fingerprint density at radius 1 is 1.45 bits per heavy atom. The first kappa shape index (κ1) is 13.7. The number of aryl methyl sites for hydroxylation is 1. The van der Waals surface area contributed by atoms with E-state index in [0.29, 0.717) is 10.9 Å². The lowest BCUT2D eigenvalue weighted by Gasteiger charge is -1.97. The normalized spacial score (nSPS) is 14.2. The average molecular weight is 331 g/mol. The number of aromatic nitrogens is 2. The number of thiophene rings is 1. The molecule has 1 saturated carbocycles. The minimum Gasteiger partial charge on any atom is -0.355 e. The second-order valence-corrected chi connectivity index (χ2v) is 7.22. The molecular weight excluding hydrogens is 318 g/mol. The van der Waals surface area contributed by atoms with E-state index in [-0.39, 0.29) is 11.8 Å². The maximum absolute atomic E-state index is 11.9. The molecule has 1 aliphatic carbocycles. The summed E-state index contributed by atoms with van der Waals surface area (Å²) in [6, 6.07) is 5.88. The lowest BCUT2D eigenvalue weighted by atomic mass is 10.2. The van der Waals surface area contributed by atoms with Crippen molar-refractivity contribution in [3.8, 4) is 21.2 Å². The second kappa shape index (κ2) is 5.33. The lowest BCUT2D eigenvalue weighted by molar-refractivity contribution is -0.117. The van der Waals surface area contributed by atoms with Crippen LogP contribution in [0.5, 0.6) is 0 Å². The molecular formula is C15H13N3O2S2. The number of carbonyl (C=O) groups is 1. The predicted molar refractivity (Wildman–Crippen MR) is 87.0 cm³/mol. The van der Waals surface area contributed by atoms with Crippen molar-refractivity contribution in [2.75, 3.05) is 5.32 Å². The summed E-state index contributed by atoms with van der Waals surface area (Å²) in [5.41, 5.74) is 1.66. The molecule has 0 atom stereocenters. The zero-order chi connectivity index (χ0) is 15.1. The predicted octanol–water partition coefficient (Wildman–Crippen LogP) is 4.18. The summed E-state index contributed by atoms with van der Waals surface area (Å²) in [4.78, 5) is 18.5. The van der Waals surface area contributed by atoms with Gasteiger partial charge in [-0.2, -0.15) is 0 Å². The third-order valence-electron chi connectivity index (χ3n) is 3.41.